The van der Waals surface area contributed by atoms with Crippen molar-refractivity contribution < 1.29 is 13.5 Å². The lowest BCUT2D eigenvalue weighted by Gasteiger charge is -2.26. The van der Waals surface area contributed by atoms with Gasteiger partial charge in [-0.2, -0.15) is 0 Å². The van der Waals surface area contributed by atoms with Crippen LogP contribution in [0, 0.1) is 12.7 Å². The quantitative estimate of drug-likeness (QED) is 0.520. The zero-order chi connectivity index (χ0) is 22.5. The Hall–Kier alpha value is -3.61. The van der Waals surface area contributed by atoms with E-state index in [0.29, 0.717) is 16.9 Å². The maximum atomic E-state index is 16.0. The van der Waals surface area contributed by atoms with E-state index in [1.165, 1.54) is 19.4 Å². The Bertz CT molecular complexity index is 1420. The molecule has 0 amide bonds. The van der Waals surface area contributed by atoms with Crippen LogP contribution < -0.4 is 16.0 Å². The number of methoxy groups -OCH3 is 1. The fraction of sp³-hybridized carbons (Fsp3) is 0.250. The van der Waals surface area contributed by atoms with E-state index in [-0.39, 0.29) is 11.3 Å². The summed E-state index contributed by atoms with van der Waals surface area (Å²) in [6.45, 7) is 7.87. The minimum atomic E-state index is -0.723. The lowest BCUT2D eigenvalue weighted by Crippen LogP contribution is -2.28. The summed E-state index contributed by atoms with van der Waals surface area (Å²) in [5.74, 6) is -0.254. The minimum Gasteiger partial charge on any atom is -0.496 e. The van der Waals surface area contributed by atoms with Gasteiger partial charge in [0.15, 0.2) is 5.82 Å². The van der Waals surface area contributed by atoms with Gasteiger partial charge in [0.05, 0.1) is 24.6 Å². The van der Waals surface area contributed by atoms with Crippen LogP contribution in [-0.2, 0) is 5.41 Å². The van der Waals surface area contributed by atoms with Gasteiger partial charge in [0.25, 0.3) is 5.56 Å². The first-order valence-corrected chi connectivity index (χ1v) is 9.83. The van der Waals surface area contributed by atoms with Gasteiger partial charge in [0, 0.05) is 23.2 Å². The van der Waals surface area contributed by atoms with Crippen LogP contribution in [0.1, 0.15) is 31.9 Å². The molecule has 0 radical (unpaired) electrons. The van der Waals surface area contributed by atoms with E-state index in [1.54, 1.807) is 24.5 Å². The smallest absolute Gasteiger partial charge is 0.333 e. The van der Waals surface area contributed by atoms with Crippen molar-refractivity contribution >= 4 is 11.0 Å². The van der Waals surface area contributed by atoms with Crippen molar-refractivity contribution in [1.82, 2.24) is 9.55 Å². The highest BCUT2D eigenvalue weighted by molar-refractivity contribution is 5.88. The maximum Gasteiger partial charge on any atom is 0.333 e. The molecular formula is C24H23FN2O4. The van der Waals surface area contributed by atoms with Crippen LogP contribution in [0.25, 0.3) is 27.8 Å². The fourth-order valence-corrected chi connectivity index (χ4v) is 3.75. The number of nitrogens with one attached hydrogen (secondary N) is 1. The van der Waals surface area contributed by atoms with Crippen molar-refractivity contribution in [1.29, 1.82) is 0 Å². The molecule has 0 fully saturated rings. The van der Waals surface area contributed by atoms with Crippen LogP contribution in [0.3, 0.4) is 0 Å². The topological polar surface area (TPSA) is 77.2 Å². The molecule has 7 heteroatoms. The Labute approximate surface area is 177 Å². The summed E-state index contributed by atoms with van der Waals surface area (Å²) >= 11 is 0. The van der Waals surface area contributed by atoms with Crippen LogP contribution in [0.4, 0.5) is 4.39 Å². The molecule has 4 rings (SSSR count). The number of H-pyrrole nitrogens is 1. The van der Waals surface area contributed by atoms with Gasteiger partial charge in [-0.25, -0.2) is 9.18 Å². The molecule has 160 valence electrons. The molecule has 6 nitrogen and oxygen atoms in total. The van der Waals surface area contributed by atoms with E-state index in [0.717, 1.165) is 21.1 Å². The van der Waals surface area contributed by atoms with Gasteiger partial charge in [-0.1, -0.05) is 32.9 Å². The van der Waals surface area contributed by atoms with Gasteiger partial charge in [0.1, 0.15) is 11.3 Å². The standard InChI is InChI=1S/C24H23FN2O4/c1-13-12-31-18-10-14(6-7-15(13)18)20-21(25)17(27-9-8-19(28)26-23(27)29)11-16(22(20)30-5)24(2,3)4/h6-12H,1-5H3,(H,26,28,29). The zero-order valence-corrected chi connectivity index (χ0v) is 18.0. The maximum absolute atomic E-state index is 16.0. The SMILES string of the molecule is COc1c(C(C)(C)C)cc(-n2ccc(=O)[nH]c2=O)c(F)c1-c1ccc2c(C)coc2c1. The summed E-state index contributed by atoms with van der Waals surface area (Å²) in [6, 6.07) is 8.21. The largest absolute Gasteiger partial charge is 0.496 e. The number of nitrogens with zero attached hydrogens (tertiary/aromatic N) is 1. The molecule has 4 aromatic rings. The molecule has 0 aliphatic rings. The van der Waals surface area contributed by atoms with Crippen molar-refractivity contribution in [3.63, 3.8) is 0 Å². The zero-order valence-electron chi connectivity index (χ0n) is 18.0. The number of fused-ring (bicyclic) bond motifs is 1. The van der Waals surface area contributed by atoms with Gasteiger partial charge in [-0.15, -0.1) is 0 Å². The van der Waals surface area contributed by atoms with Crippen molar-refractivity contribution in [2.75, 3.05) is 7.11 Å². The molecule has 2 aromatic carbocycles. The van der Waals surface area contributed by atoms with Gasteiger partial charge < -0.3 is 9.15 Å². The van der Waals surface area contributed by atoms with Crippen molar-refractivity contribution in [3.8, 4) is 22.6 Å². The van der Waals surface area contributed by atoms with Crippen LogP contribution in [0.2, 0.25) is 0 Å². The first kappa shape index (κ1) is 20.7. The summed E-state index contributed by atoms with van der Waals surface area (Å²) in [4.78, 5) is 26.1. The van der Waals surface area contributed by atoms with Crippen LogP contribution >= 0.6 is 0 Å². The first-order chi connectivity index (χ1) is 14.6. The van der Waals surface area contributed by atoms with Crippen LogP contribution in [0.15, 0.2) is 56.8 Å². The van der Waals surface area contributed by atoms with E-state index >= 15 is 4.39 Å². The molecule has 0 aliphatic carbocycles. The number of aromatic nitrogens is 2. The van der Waals surface area contributed by atoms with Gasteiger partial charge in [0.2, 0.25) is 0 Å². The van der Waals surface area contributed by atoms with E-state index in [4.69, 9.17) is 9.15 Å². The van der Waals surface area contributed by atoms with Crippen molar-refractivity contribution in [2.24, 2.45) is 0 Å². The lowest BCUT2D eigenvalue weighted by atomic mass is 9.83. The highest BCUT2D eigenvalue weighted by Crippen LogP contribution is 2.44. The molecule has 0 atom stereocenters. The molecule has 31 heavy (non-hydrogen) atoms. The molecule has 0 saturated carbocycles. The first-order valence-electron chi connectivity index (χ1n) is 9.83. The summed E-state index contributed by atoms with van der Waals surface area (Å²) in [6.07, 6.45) is 2.92. The normalized spacial score (nSPS) is 11.8. The third kappa shape index (κ3) is 3.46. The molecule has 0 bridgehead atoms. The Kier molecular flexibility index (Phi) is 4.84. The molecular weight excluding hydrogens is 399 g/mol. The third-order valence-electron chi connectivity index (χ3n) is 5.35. The average molecular weight is 422 g/mol. The van der Waals surface area contributed by atoms with E-state index in [9.17, 15) is 9.59 Å². The fourth-order valence-electron chi connectivity index (χ4n) is 3.75. The molecule has 0 unspecified atom stereocenters. The second-order valence-corrected chi connectivity index (χ2v) is 8.53. The average Bonchev–Trinajstić information content (AvgIpc) is 3.07. The molecule has 1 N–H and O–H groups in total. The number of furan rings is 1. The molecule has 0 spiro atoms. The predicted molar refractivity (Wildman–Crippen MR) is 118 cm³/mol. The van der Waals surface area contributed by atoms with Gasteiger partial charge in [-0.05, 0) is 35.6 Å². The number of rotatable bonds is 3. The van der Waals surface area contributed by atoms with Gasteiger partial charge >= 0.3 is 5.69 Å². The molecule has 2 aromatic heterocycles. The second kappa shape index (κ2) is 7.27. The molecule has 2 heterocycles. The third-order valence-corrected chi connectivity index (χ3v) is 5.35. The predicted octanol–water partition coefficient (Wildman–Crippen LogP) is 4.69. The number of aromatic amines is 1. The second-order valence-electron chi connectivity index (χ2n) is 8.53. The number of hydrogen-bond donors (Lipinski definition) is 1. The summed E-state index contributed by atoms with van der Waals surface area (Å²) in [5, 5.41) is 0.937. The highest BCUT2D eigenvalue weighted by atomic mass is 19.1. The Morgan fingerprint density at radius 2 is 1.87 bits per heavy atom. The molecule has 0 aliphatic heterocycles. The van der Waals surface area contributed by atoms with Crippen molar-refractivity contribution in [3.05, 3.63) is 80.6 Å². The Balaban J connectivity index is 2.11. The van der Waals surface area contributed by atoms with Crippen molar-refractivity contribution in [2.45, 2.75) is 33.1 Å². The number of benzene rings is 2. The van der Waals surface area contributed by atoms with Gasteiger partial charge in [-0.3, -0.25) is 14.3 Å². The number of hydrogen-bond acceptors (Lipinski definition) is 4. The minimum absolute atomic E-state index is 0.0256. The Morgan fingerprint density at radius 1 is 1.13 bits per heavy atom. The summed E-state index contributed by atoms with van der Waals surface area (Å²) in [7, 11) is 1.49. The number of aryl methyl sites for hydroxylation is 1. The van der Waals surface area contributed by atoms with E-state index in [1.807, 2.05) is 33.8 Å². The van der Waals surface area contributed by atoms with E-state index < -0.39 is 22.5 Å². The summed E-state index contributed by atoms with van der Waals surface area (Å²) in [5.41, 5.74) is 1.44. The Morgan fingerprint density at radius 3 is 2.52 bits per heavy atom. The van der Waals surface area contributed by atoms with E-state index in [2.05, 4.69) is 4.98 Å². The highest BCUT2D eigenvalue weighted by Gasteiger charge is 2.28. The number of halogens is 1. The lowest BCUT2D eigenvalue weighted by molar-refractivity contribution is 0.396. The van der Waals surface area contributed by atoms with Crippen LogP contribution in [0.5, 0.6) is 5.75 Å². The number of ether oxygens (including phenoxy) is 1. The molecule has 0 saturated heterocycles. The van der Waals surface area contributed by atoms with Crippen LogP contribution in [-0.4, -0.2) is 16.7 Å². The monoisotopic (exact) mass is 422 g/mol. The summed E-state index contributed by atoms with van der Waals surface area (Å²) < 4.78 is 28.4.